The average molecular weight is 345 g/mol. The molecule has 3 rings (SSSR count). The van der Waals surface area contributed by atoms with Crippen LogP contribution in [0.25, 0.3) is 6.08 Å². The van der Waals surface area contributed by atoms with E-state index >= 15 is 0 Å². The fraction of sp³-hybridized carbons (Fsp3) is 0.130. The molecule has 0 aromatic heterocycles. The highest BCUT2D eigenvalue weighted by Gasteiger charge is 2.10. The summed E-state index contributed by atoms with van der Waals surface area (Å²) in [5, 5.41) is 0. The van der Waals surface area contributed by atoms with Gasteiger partial charge >= 0.3 is 0 Å². The van der Waals surface area contributed by atoms with Gasteiger partial charge in [0.05, 0.1) is 0 Å². The van der Waals surface area contributed by atoms with Gasteiger partial charge in [0.1, 0.15) is 13.2 Å². The number of hydrogen-bond acceptors (Lipinski definition) is 3. The Bertz CT molecular complexity index is 829. The molecule has 0 aliphatic heterocycles. The van der Waals surface area contributed by atoms with Crippen LogP contribution in [0.1, 0.15) is 16.7 Å². The molecule has 0 fully saturated rings. The molecular formula is C23H23NO2. The van der Waals surface area contributed by atoms with Crippen molar-refractivity contribution in [2.45, 2.75) is 13.2 Å². The molecule has 0 unspecified atom stereocenters. The minimum absolute atomic E-state index is 0.479. The normalized spacial score (nSPS) is 10.8. The first-order valence-electron chi connectivity index (χ1n) is 8.70. The number of para-hydroxylation sites is 1. The zero-order chi connectivity index (χ0) is 18.0. The summed E-state index contributed by atoms with van der Waals surface area (Å²) in [6.07, 6.45) is 3.88. The second-order valence-corrected chi connectivity index (χ2v) is 5.86. The molecule has 2 N–H and O–H groups in total. The fourth-order valence-corrected chi connectivity index (χ4v) is 2.59. The number of hydrogen-bond donors (Lipinski definition) is 1. The van der Waals surface area contributed by atoms with Crippen molar-refractivity contribution in [2.24, 2.45) is 5.73 Å². The minimum Gasteiger partial charge on any atom is -0.485 e. The molecule has 0 amide bonds. The molecule has 0 radical (unpaired) electrons. The van der Waals surface area contributed by atoms with Gasteiger partial charge in [0, 0.05) is 12.1 Å². The van der Waals surface area contributed by atoms with Crippen LogP contribution in [0, 0.1) is 0 Å². The Morgan fingerprint density at radius 3 is 1.92 bits per heavy atom. The zero-order valence-corrected chi connectivity index (χ0v) is 14.7. The highest BCUT2D eigenvalue weighted by molar-refractivity contribution is 5.62. The topological polar surface area (TPSA) is 44.5 Å². The van der Waals surface area contributed by atoms with Gasteiger partial charge in [-0.2, -0.15) is 0 Å². The maximum atomic E-state index is 6.12. The molecule has 26 heavy (non-hydrogen) atoms. The van der Waals surface area contributed by atoms with Crippen LogP contribution in [0.15, 0.2) is 84.9 Å². The molecule has 0 bridgehead atoms. The molecule has 132 valence electrons. The molecule has 0 aliphatic rings. The van der Waals surface area contributed by atoms with Crippen LogP contribution in [0.3, 0.4) is 0 Å². The Hall–Kier alpha value is -3.04. The third-order valence-corrected chi connectivity index (χ3v) is 3.91. The van der Waals surface area contributed by atoms with Crippen molar-refractivity contribution < 1.29 is 9.47 Å². The van der Waals surface area contributed by atoms with Gasteiger partial charge in [-0.3, -0.25) is 0 Å². The minimum atomic E-state index is 0.479. The first-order valence-corrected chi connectivity index (χ1v) is 8.70. The molecule has 0 atom stereocenters. The van der Waals surface area contributed by atoms with Gasteiger partial charge in [-0.1, -0.05) is 84.9 Å². The van der Waals surface area contributed by atoms with E-state index in [0.29, 0.717) is 19.8 Å². The predicted molar refractivity (Wildman–Crippen MR) is 106 cm³/mol. The predicted octanol–water partition coefficient (Wildman–Crippen LogP) is 4.82. The lowest BCUT2D eigenvalue weighted by Crippen LogP contribution is -2.02. The SMILES string of the molecule is NC/C=C/c1cccc(OCc2ccccc2)c1OCc1ccccc1. The maximum absolute atomic E-state index is 6.12. The summed E-state index contributed by atoms with van der Waals surface area (Å²) in [6.45, 7) is 1.45. The number of nitrogens with two attached hydrogens (primary N) is 1. The molecule has 0 saturated carbocycles. The van der Waals surface area contributed by atoms with E-state index in [1.165, 1.54) is 0 Å². The lowest BCUT2D eigenvalue weighted by Gasteiger charge is -2.15. The lowest BCUT2D eigenvalue weighted by atomic mass is 10.1. The Labute approximate surface area is 154 Å². The van der Waals surface area contributed by atoms with E-state index in [-0.39, 0.29) is 0 Å². The summed E-state index contributed by atoms with van der Waals surface area (Å²) >= 11 is 0. The molecular weight excluding hydrogens is 322 g/mol. The van der Waals surface area contributed by atoms with E-state index in [9.17, 15) is 0 Å². The van der Waals surface area contributed by atoms with Crippen molar-refractivity contribution in [3.05, 3.63) is 102 Å². The molecule has 0 saturated heterocycles. The quantitative estimate of drug-likeness (QED) is 0.637. The Morgan fingerprint density at radius 1 is 0.692 bits per heavy atom. The summed E-state index contributed by atoms with van der Waals surface area (Å²) in [5.74, 6) is 1.46. The standard InChI is InChI=1S/C23H23NO2/c24-16-8-14-21-13-7-15-22(25-17-19-9-3-1-4-10-19)23(21)26-18-20-11-5-2-6-12-20/h1-15H,16-18,24H2/b14-8+. The number of benzene rings is 3. The van der Waals surface area contributed by atoms with E-state index in [4.69, 9.17) is 15.2 Å². The van der Waals surface area contributed by atoms with Crippen molar-refractivity contribution in [2.75, 3.05) is 6.54 Å². The van der Waals surface area contributed by atoms with Crippen molar-refractivity contribution in [1.29, 1.82) is 0 Å². The van der Waals surface area contributed by atoms with E-state index < -0.39 is 0 Å². The van der Waals surface area contributed by atoms with Crippen LogP contribution in [-0.4, -0.2) is 6.54 Å². The van der Waals surface area contributed by atoms with Crippen LogP contribution in [-0.2, 0) is 13.2 Å². The monoisotopic (exact) mass is 345 g/mol. The van der Waals surface area contributed by atoms with Crippen LogP contribution in [0.2, 0.25) is 0 Å². The Balaban J connectivity index is 1.81. The first-order chi connectivity index (χ1) is 12.9. The van der Waals surface area contributed by atoms with Gasteiger partial charge in [-0.05, 0) is 17.2 Å². The van der Waals surface area contributed by atoms with Crippen molar-refractivity contribution >= 4 is 6.08 Å². The highest BCUT2D eigenvalue weighted by atomic mass is 16.5. The number of rotatable bonds is 8. The Morgan fingerprint density at radius 2 is 1.31 bits per heavy atom. The second kappa shape index (κ2) is 9.44. The summed E-state index contributed by atoms with van der Waals surface area (Å²) in [6, 6.07) is 26.1. The summed E-state index contributed by atoms with van der Waals surface area (Å²) < 4.78 is 12.2. The molecule has 3 aromatic rings. The van der Waals surface area contributed by atoms with Crippen LogP contribution < -0.4 is 15.2 Å². The third kappa shape index (κ3) is 4.98. The average Bonchev–Trinajstić information content (AvgIpc) is 2.71. The van der Waals surface area contributed by atoms with Crippen LogP contribution in [0.5, 0.6) is 11.5 Å². The van der Waals surface area contributed by atoms with E-state index in [0.717, 1.165) is 28.2 Å². The van der Waals surface area contributed by atoms with E-state index in [1.54, 1.807) is 0 Å². The Kier molecular flexibility index (Phi) is 6.46. The van der Waals surface area contributed by atoms with E-state index in [1.807, 2.05) is 91.0 Å². The van der Waals surface area contributed by atoms with Gasteiger partial charge in [0.2, 0.25) is 0 Å². The number of ether oxygens (including phenoxy) is 2. The molecule has 0 aliphatic carbocycles. The summed E-state index contributed by atoms with van der Waals surface area (Å²) in [4.78, 5) is 0. The lowest BCUT2D eigenvalue weighted by molar-refractivity contribution is 0.255. The van der Waals surface area contributed by atoms with Crippen molar-refractivity contribution in [1.82, 2.24) is 0 Å². The fourth-order valence-electron chi connectivity index (χ4n) is 2.59. The van der Waals surface area contributed by atoms with Crippen molar-refractivity contribution in [3.8, 4) is 11.5 Å². The van der Waals surface area contributed by atoms with Gasteiger partial charge < -0.3 is 15.2 Å². The molecule has 3 aromatic carbocycles. The molecule has 0 spiro atoms. The van der Waals surface area contributed by atoms with Crippen LogP contribution in [0.4, 0.5) is 0 Å². The summed E-state index contributed by atoms with van der Waals surface area (Å²) in [7, 11) is 0. The van der Waals surface area contributed by atoms with Gasteiger partial charge in [0.25, 0.3) is 0 Å². The third-order valence-electron chi connectivity index (χ3n) is 3.91. The summed E-state index contributed by atoms with van der Waals surface area (Å²) in [5.41, 5.74) is 8.79. The van der Waals surface area contributed by atoms with Crippen molar-refractivity contribution in [3.63, 3.8) is 0 Å². The molecule has 3 heteroatoms. The van der Waals surface area contributed by atoms with Crippen LogP contribution >= 0.6 is 0 Å². The van der Waals surface area contributed by atoms with Gasteiger partial charge in [-0.25, -0.2) is 0 Å². The zero-order valence-electron chi connectivity index (χ0n) is 14.7. The van der Waals surface area contributed by atoms with Gasteiger partial charge in [-0.15, -0.1) is 0 Å². The first kappa shape index (κ1) is 17.8. The van der Waals surface area contributed by atoms with Gasteiger partial charge in [0.15, 0.2) is 11.5 Å². The maximum Gasteiger partial charge on any atom is 0.168 e. The smallest absolute Gasteiger partial charge is 0.168 e. The molecule has 0 heterocycles. The van der Waals surface area contributed by atoms with E-state index in [2.05, 4.69) is 0 Å². The highest BCUT2D eigenvalue weighted by Crippen LogP contribution is 2.33. The largest absolute Gasteiger partial charge is 0.485 e. The second-order valence-electron chi connectivity index (χ2n) is 5.86. The molecule has 3 nitrogen and oxygen atoms in total.